The third-order valence-electron chi connectivity index (χ3n) is 3.94. The number of carbonyl (C=O) groups excluding carboxylic acids is 1. The van der Waals surface area contributed by atoms with Crippen LogP contribution in [0.2, 0.25) is 5.02 Å². The SMILES string of the molecule is O=C(CCN1CCCc2ccccc21)Nc1ccc(Cl)cc1. The van der Waals surface area contributed by atoms with Crippen LogP contribution in [0.5, 0.6) is 0 Å². The fourth-order valence-electron chi connectivity index (χ4n) is 2.84. The maximum Gasteiger partial charge on any atom is 0.226 e. The maximum atomic E-state index is 12.1. The number of hydrogen-bond acceptors (Lipinski definition) is 2. The van der Waals surface area contributed by atoms with Crippen LogP contribution in [-0.4, -0.2) is 19.0 Å². The second-order valence-corrected chi connectivity index (χ2v) is 5.96. The van der Waals surface area contributed by atoms with Crippen molar-refractivity contribution in [2.24, 2.45) is 0 Å². The van der Waals surface area contributed by atoms with E-state index in [-0.39, 0.29) is 5.91 Å². The van der Waals surface area contributed by atoms with Gasteiger partial charge in [-0.1, -0.05) is 29.8 Å². The summed E-state index contributed by atoms with van der Waals surface area (Å²) < 4.78 is 0. The summed E-state index contributed by atoms with van der Waals surface area (Å²) in [6.07, 6.45) is 2.76. The van der Waals surface area contributed by atoms with Gasteiger partial charge in [0, 0.05) is 35.9 Å². The summed E-state index contributed by atoms with van der Waals surface area (Å²) in [6.45, 7) is 1.77. The molecule has 2 aromatic rings. The van der Waals surface area contributed by atoms with E-state index in [0.717, 1.165) is 31.6 Å². The number of anilines is 2. The molecule has 1 amide bonds. The molecule has 1 N–H and O–H groups in total. The predicted octanol–water partition coefficient (Wildman–Crippen LogP) is 4.12. The van der Waals surface area contributed by atoms with E-state index >= 15 is 0 Å². The molecule has 3 rings (SSSR count). The molecule has 3 nitrogen and oxygen atoms in total. The van der Waals surface area contributed by atoms with Crippen LogP contribution in [0.4, 0.5) is 11.4 Å². The number of amides is 1. The van der Waals surface area contributed by atoms with Crippen molar-refractivity contribution >= 4 is 28.9 Å². The van der Waals surface area contributed by atoms with Crippen LogP contribution in [0.25, 0.3) is 0 Å². The highest BCUT2D eigenvalue weighted by Crippen LogP contribution is 2.26. The molecule has 0 aliphatic carbocycles. The van der Waals surface area contributed by atoms with E-state index in [1.807, 2.05) is 12.1 Å². The maximum absolute atomic E-state index is 12.1. The largest absolute Gasteiger partial charge is 0.371 e. The Hall–Kier alpha value is -2.00. The fourth-order valence-corrected chi connectivity index (χ4v) is 2.96. The van der Waals surface area contributed by atoms with Gasteiger partial charge in [0.2, 0.25) is 5.91 Å². The molecule has 0 saturated carbocycles. The monoisotopic (exact) mass is 314 g/mol. The molecule has 0 unspecified atom stereocenters. The molecular weight excluding hydrogens is 296 g/mol. The highest BCUT2D eigenvalue weighted by atomic mass is 35.5. The van der Waals surface area contributed by atoms with Crippen molar-refractivity contribution < 1.29 is 4.79 Å². The molecule has 1 heterocycles. The van der Waals surface area contributed by atoms with E-state index in [1.54, 1.807) is 12.1 Å². The first-order valence-electron chi connectivity index (χ1n) is 7.60. The van der Waals surface area contributed by atoms with E-state index in [4.69, 9.17) is 11.6 Å². The molecule has 0 radical (unpaired) electrons. The molecule has 0 saturated heterocycles. The lowest BCUT2D eigenvalue weighted by atomic mass is 10.0. The van der Waals surface area contributed by atoms with Gasteiger partial charge in [0.1, 0.15) is 0 Å². The molecule has 0 bridgehead atoms. The molecule has 0 atom stereocenters. The lowest BCUT2D eigenvalue weighted by molar-refractivity contribution is -0.116. The Morgan fingerprint density at radius 3 is 2.73 bits per heavy atom. The molecule has 2 aromatic carbocycles. The topological polar surface area (TPSA) is 32.3 Å². The normalized spacial score (nSPS) is 13.6. The van der Waals surface area contributed by atoms with Gasteiger partial charge < -0.3 is 10.2 Å². The molecule has 0 aromatic heterocycles. The van der Waals surface area contributed by atoms with Gasteiger partial charge in [-0.15, -0.1) is 0 Å². The summed E-state index contributed by atoms with van der Waals surface area (Å²) in [6, 6.07) is 15.6. The van der Waals surface area contributed by atoms with Crippen LogP contribution in [0.1, 0.15) is 18.4 Å². The van der Waals surface area contributed by atoms with Crippen molar-refractivity contribution in [3.63, 3.8) is 0 Å². The number of benzene rings is 2. The summed E-state index contributed by atoms with van der Waals surface area (Å²) in [5.74, 6) is 0.0328. The zero-order valence-electron chi connectivity index (χ0n) is 12.4. The number of hydrogen-bond donors (Lipinski definition) is 1. The molecule has 0 fully saturated rings. The first-order chi connectivity index (χ1) is 10.7. The van der Waals surface area contributed by atoms with E-state index in [1.165, 1.54) is 11.3 Å². The number of fused-ring (bicyclic) bond motifs is 1. The van der Waals surface area contributed by atoms with Crippen molar-refractivity contribution in [2.45, 2.75) is 19.3 Å². The Morgan fingerprint density at radius 2 is 1.91 bits per heavy atom. The molecule has 22 heavy (non-hydrogen) atoms. The number of carbonyl (C=O) groups is 1. The molecular formula is C18H19ClN2O. The van der Waals surface area contributed by atoms with E-state index in [0.29, 0.717) is 11.4 Å². The van der Waals surface area contributed by atoms with Crippen molar-refractivity contribution in [1.29, 1.82) is 0 Å². The minimum absolute atomic E-state index is 0.0328. The van der Waals surface area contributed by atoms with Crippen molar-refractivity contribution in [1.82, 2.24) is 0 Å². The summed E-state index contributed by atoms with van der Waals surface area (Å²) in [5, 5.41) is 3.58. The van der Waals surface area contributed by atoms with Crippen LogP contribution in [0.15, 0.2) is 48.5 Å². The number of para-hydroxylation sites is 1. The molecule has 1 aliphatic rings. The Labute approximate surface area is 135 Å². The van der Waals surface area contributed by atoms with Crippen LogP contribution in [0, 0.1) is 0 Å². The zero-order valence-corrected chi connectivity index (χ0v) is 13.1. The van der Waals surface area contributed by atoms with Crippen LogP contribution in [-0.2, 0) is 11.2 Å². The summed E-state index contributed by atoms with van der Waals surface area (Å²) >= 11 is 5.84. The first kappa shape index (κ1) is 14.9. The van der Waals surface area contributed by atoms with Crippen LogP contribution < -0.4 is 10.2 Å². The Kier molecular flexibility index (Phi) is 4.64. The van der Waals surface area contributed by atoms with E-state index < -0.39 is 0 Å². The van der Waals surface area contributed by atoms with E-state index in [9.17, 15) is 4.79 Å². The second kappa shape index (κ2) is 6.84. The van der Waals surface area contributed by atoms with Gasteiger partial charge in [-0.3, -0.25) is 4.79 Å². The van der Waals surface area contributed by atoms with Gasteiger partial charge in [0.05, 0.1) is 0 Å². The van der Waals surface area contributed by atoms with Gasteiger partial charge in [0.15, 0.2) is 0 Å². The molecule has 1 aliphatic heterocycles. The van der Waals surface area contributed by atoms with Crippen LogP contribution in [0.3, 0.4) is 0 Å². The lowest BCUT2D eigenvalue weighted by Crippen LogP contribution is -2.32. The molecule has 0 spiro atoms. The fraction of sp³-hybridized carbons (Fsp3) is 0.278. The number of nitrogens with zero attached hydrogens (tertiary/aromatic N) is 1. The van der Waals surface area contributed by atoms with Crippen molar-refractivity contribution in [2.75, 3.05) is 23.3 Å². The highest BCUT2D eigenvalue weighted by Gasteiger charge is 2.16. The third-order valence-corrected chi connectivity index (χ3v) is 4.20. The van der Waals surface area contributed by atoms with Gasteiger partial charge in [0.25, 0.3) is 0 Å². The summed E-state index contributed by atoms with van der Waals surface area (Å²) in [5.41, 5.74) is 3.44. The standard InChI is InChI=1S/C18H19ClN2O/c19-15-7-9-16(10-8-15)20-18(22)11-13-21-12-3-5-14-4-1-2-6-17(14)21/h1-2,4,6-10H,3,5,11-13H2,(H,20,22). The molecule has 114 valence electrons. The quantitative estimate of drug-likeness (QED) is 0.920. The number of halogens is 1. The Bertz CT molecular complexity index is 654. The average molecular weight is 315 g/mol. The smallest absolute Gasteiger partial charge is 0.226 e. The number of rotatable bonds is 4. The number of aryl methyl sites for hydroxylation is 1. The molecule has 4 heteroatoms. The minimum atomic E-state index is 0.0328. The zero-order chi connectivity index (χ0) is 15.4. The third kappa shape index (κ3) is 3.60. The van der Waals surface area contributed by atoms with E-state index in [2.05, 4.69) is 34.5 Å². The van der Waals surface area contributed by atoms with Crippen molar-refractivity contribution in [3.05, 3.63) is 59.1 Å². The number of nitrogens with one attached hydrogen (secondary N) is 1. The second-order valence-electron chi connectivity index (χ2n) is 5.52. The Morgan fingerprint density at radius 1 is 1.14 bits per heavy atom. The summed E-state index contributed by atoms with van der Waals surface area (Å²) in [7, 11) is 0. The van der Waals surface area contributed by atoms with Crippen molar-refractivity contribution in [3.8, 4) is 0 Å². The predicted molar refractivity (Wildman–Crippen MR) is 91.7 cm³/mol. The first-order valence-corrected chi connectivity index (χ1v) is 7.98. The van der Waals surface area contributed by atoms with Gasteiger partial charge >= 0.3 is 0 Å². The van der Waals surface area contributed by atoms with Crippen LogP contribution >= 0.6 is 11.6 Å². The summed E-state index contributed by atoms with van der Waals surface area (Å²) in [4.78, 5) is 14.4. The highest BCUT2D eigenvalue weighted by molar-refractivity contribution is 6.30. The van der Waals surface area contributed by atoms with Gasteiger partial charge in [-0.05, 0) is 48.7 Å². The minimum Gasteiger partial charge on any atom is -0.371 e. The lowest BCUT2D eigenvalue weighted by Gasteiger charge is -2.31. The van der Waals surface area contributed by atoms with Gasteiger partial charge in [-0.2, -0.15) is 0 Å². The van der Waals surface area contributed by atoms with Gasteiger partial charge in [-0.25, -0.2) is 0 Å². The Balaban J connectivity index is 1.56. The average Bonchev–Trinajstić information content (AvgIpc) is 2.55.